The summed E-state index contributed by atoms with van der Waals surface area (Å²) >= 11 is 3.62. The number of carbonyl (C=O) groups is 1. The van der Waals surface area contributed by atoms with Crippen molar-refractivity contribution in [3.8, 4) is 0 Å². The quantitative estimate of drug-likeness (QED) is 0.903. The maximum absolute atomic E-state index is 12.4. The summed E-state index contributed by atoms with van der Waals surface area (Å²) in [5.74, 6) is 0.171. The monoisotopic (exact) mass is 353 g/mol. The van der Waals surface area contributed by atoms with Crippen LogP contribution in [0.5, 0.6) is 0 Å². The highest BCUT2D eigenvalue weighted by atomic mass is 79.9. The van der Waals surface area contributed by atoms with Gasteiger partial charge < -0.3 is 10.6 Å². The molecule has 3 atom stereocenters. The lowest BCUT2D eigenvalue weighted by atomic mass is 9.98. The van der Waals surface area contributed by atoms with Gasteiger partial charge in [-0.2, -0.15) is 0 Å². The second kappa shape index (κ2) is 6.90. The molecule has 1 aromatic rings. The van der Waals surface area contributed by atoms with Crippen molar-refractivity contribution in [1.29, 1.82) is 0 Å². The van der Waals surface area contributed by atoms with Crippen LogP contribution in [0.3, 0.4) is 0 Å². The number of amides is 1. The molecule has 0 bridgehead atoms. The maximum atomic E-state index is 12.4. The number of rotatable bonds is 4. The number of likely N-dealkylation sites (tertiary alicyclic amines) is 1. The van der Waals surface area contributed by atoms with E-state index in [0.29, 0.717) is 0 Å². The molecular formula is C16H24BrN3O. The average molecular weight is 354 g/mol. The molecule has 1 aliphatic rings. The molecule has 1 fully saturated rings. The molecule has 0 aliphatic carbocycles. The van der Waals surface area contributed by atoms with Gasteiger partial charge in [0, 0.05) is 24.6 Å². The zero-order chi connectivity index (χ0) is 15.6. The molecule has 1 aliphatic heterocycles. The predicted molar refractivity (Wildman–Crippen MR) is 89.0 cm³/mol. The predicted octanol–water partition coefficient (Wildman–Crippen LogP) is 2.39. The first kappa shape index (κ1) is 16.5. The molecule has 2 rings (SSSR count). The van der Waals surface area contributed by atoms with E-state index < -0.39 is 0 Å². The summed E-state index contributed by atoms with van der Waals surface area (Å²) in [5, 5.41) is 0. The van der Waals surface area contributed by atoms with Gasteiger partial charge in [-0.25, -0.2) is 0 Å². The molecule has 21 heavy (non-hydrogen) atoms. The number of carbonyl (C=O) groups excluding carboxylic acids is 1. The van der Waals surface area contributed by atoms with Crippen molar-refractivity contribution in [3.63, 3.8) is 0 Å². The Bertz CT molecular complexity index is 504. The number of halogens is 1. The van der Waals surface area contributed by atoms with Crippen molar-refractivity contribution in [2.45, 2.75) is 37.9 Å². The Hall–Kier alpha value is -0.910. The van der Waals surface area contributed by atoms with Crippen molar-refractivity contribution in [2.24, 2.45) is 5.73 Å². The van der Waals surface area contributed by atoms with Crippen molar-refractivity contribution < 1.29 is 4.79 Å². The summed E-state index contributed by atoms with van der Waals surface area (Å²) in [7, 11) is 3.64. The lowest BCUT2D eigenvalue weighted by Crippen LogP contribution is -2.48. The van der Waals surface area contributed by atoms with Crippen LogP contribution in [0.1, 0.15) is 31.4 Å². The topological polar surface area (TPSA) is 49.6 Å². The Balaban J connectivity index is 2.34. The fraction of sp³-hybridized carbons (Fsp3) is 0.562. The highest BCUT2D eigenvalue weighted by Crippen LogP contribution is 2.35. The van der Waals surface area contributed by atoms with Gasteiger partial charge >= 0.3 is 0 Å². The summed E-state index contributed by atoms with van der Waals surface area (Å²) in [6.07, 6.45) is 1.95. The lowest BCUT2D eigenvalue weighted by Gasteiger charge is -2.36. The summed E-state index contributed by atoms with van der Waals surface area (Å²) in [6, 6.07) is 8.09. The molecule has 3 unspecified atom stereocenters. The van der Waals surface area contributed by atoms with Gasteiger partial charge in [-0.1, -0.05) is 34.1 Å². The van der Waals surface area contributed by atoms with E-state index in [1.165, 1.54) is 0 Å². The third-order valence-corrected chi connectivity index (χ3v) is 4.82. The minimum atomic E-state index is -0.0666. The van der Waals surface area contributed by atoms with Crippen molar-refractivity contribution in [3.05, 3.63) is 34.3 Å². The Labute approximate surface area is 135 Å². The normalized spacial score (nSPS) is 22.0. The highest BCUT2D eigenvalue weighted by molar-refractivity contribution is 9.10. The first-order valence-corrected chi connectivity index (χ1v) is 8.19. The van der Waals surface area contributed by atoms with Crippen LogP contribution in [0, 0.1) is 0 Å². The van der Waals surface area contributed by atoms with Crippen LogP contribution in [0.4, 0.5) is 0 Å². The van der Waals surface area contributed by atoms with Crippen molar-refractivity contribution in [2.75, 3.05) is 20.6 Å². The number of nitrogens with zero attached hydrogens (tertiary/aromatic N) is 2. The van der Waals surface area contributed by atoms with Gasteiger partial charge in [0.2, 0.25) is 5.91 Å². The van der Waals surface area contributed by atoms with Crippen LogP contribution in [-0.2, 0) is 4.79 Å². The van der Waals surface area contributed by atoms with Crippen LogP contribution in [0.25, 0.3) is 0 Å². The third-order valence-electron chi connectivity index (χ3n) is 4.10. The summed E-state index contributed by atoms with van der Waals surface area (Å²) < 4.78 is 1.05. The summed E-state index contributed by atoms with van der Waals surface area (Å²) in [6.45, 7) is 2.93. The SMILES string of the molecule is CC(N)C(c1ccccc1Br)N1CCCC1C(=O)N(C)C. The fourth-order valence-corrected chi connectivity index (χ4v) is 3.68. The van der Waals surface area contributed by atoms with Crippen molar-refractivity contribution >= 4 is 21.8 Å². The zero-order valence-corrected chi connectivity index (χ0v) is 14.5. The first-order chi connectivity index (χ1) is 9.93. The average Bonchev–Trinajstić information content (AvgIpc) is 2.89. The minimum Gasteiger partial charge on any atom is -0.347 e. The van der Waals surface area contributed by atoms with Gasteiger partial charge in [0.05, 0.1) is 12.1 Å². The smallest absolute Gasteiger partial charge is 0.239 e. The van der Waals surface area contributed by atoms with E-state index in [1.54, 1.807) is 4.90 Å². The Morgan fingerprint density at radius 2 is 2.10 bits per heavy atom. The molecule has 2 N–H and O–H groups in total. The number of likely N-dealkylation sites (N-methyl/N-ethyl adjacent to an activating group) is 1. The number of hydrogen-bond acceptors (Lipinski definition) is 3. The molecule has 5 heteroatoms. The summed E-state index contributed by atoms with van der Waals surface area (Å²) in [5.41, 5.74) is 7.43. The van der Waals surface area contributed by atoms with E-state index in [1.807, 2.05) is 39.2 Å². The zero-order valence-electron chi connectivity index (χ0n) is 12.9. The first-order valence-electron chi connectivity index (χ1n) is 7.40. The molecule has 0 saturated carbocycles. The standard InChI is InChI=1S/C16H24BrN3O/c1-11(18)15(12-7-4-5-8-13(12)17)20-10-6-9-14(20)16(21)19(2)3/h4-5,7-8,11,14-15H,6,9-10,18H2,1-3H3. The second-order valence-corrected chi connectivity index (χ2v) is 6.81. The van der Waals surface area contributed by atoms with Crippen LogP contribution in [0.2, 0.25) is 0 Å². The van der Waals surface area contributed by atoms with Crippen molar-refractivity contribution in [1.82, 2.24) is 9.80 Å². The Kier molecular flexibility index (Phi) is 5.41. The van der Waals surface area contributed by atoms with Gasteiger partial charge in [-0.05, 0) is 37.9 Å². The molecule has 116 valence electrons. The molecule has 1 heterocycles. The van der Waals surface area contributed by atoms with E-state index in [0.717, 1.165) is 29.4 Å². The molecule has 1 saturated heterocycles. The Morgan fingerprint density at radius 3 is 2.67 bits per heavy atom. The molecule has 0 spiro atoms. The number of hydrogen-bond donors (Lipinski definition) is 1. The highest BCUT2D eigenvalue weighted by Gasteiger charge is 2.38. The minimum absolute atomic E-state index is 0.0423. The third kappa shape index (κ3) is 3.47. The van der Waals surface area contributed by atoms with E-state index >= 15 is 0 Å². The van der Waals surface area contributed by atoms with Gasteiger partial charge in [-0.15, -0.1) is 0 Å². The molecule has 0 aromatic heterocycles. The lowest BCUT2D eigenvalue weighted by molar-refractivity contribution is -0.134. The fourth-order valence-electron chi connectivity index (χ4n) is 3.16. The molecule has 1 aromatic carbocycles. The maximum Gasteiger partial charge on any atom is 0.239 e. The van der Waals surface area contributed by atoms with E-state index in [-0.39, 0.29) is 24.0 Å². The van der Waals surface area contributed by atoms with Gasteiger partial charge in [-0.3, -0.25) is 9.69 Å². The van der Waals surface area contributed by atoms with Crippen LogP contribution < -0.4 is 5.73 Å². The second-order valence-electron chi connectivity index (χ2n) is 5.95. The van der Waals surface area contributed by atoms with Crippen LogP contribution in [0.15, 0.2) is 28.7 Å². The van der Waals surface area contributed by atoms with E-state index in [9.17, 15) is 4.79 Å². The molecular weight excluding hydrogens is 330 g/mol. The Morgan fingerprint density at radius 1 is 1.43 bits per heavy atom. The van der Waals surface area contributed by atoms with Gasteiger partial charge in [0.25, 0.3) is 0 Å². The molecule has 1 amide bonds. The number of nitrogens with two attached hydrogens (primary N) is 1. The van der Waals surface area contributed by atoms with E-state index in [2.05, 4.69) is 26.9 Å². The molecule has 0 radical (unpaired) electrons. The number of benzene rings is 1. The van der Waals surface area contributed by atoms with Crippen LogP contribution >= 0.6 is 15.9 Å². The van der Waals surface area contributed by atoms with Crippen LogP contribution in [-0.4, -0.2) is 48.4 Å². The van der Waals surface area contributed by atoms with Gasteiger partial charge in [0.15, 0.2) is 0 Å². The molecule has 4 nitrogen and oxygen atoms in total. The largest absolute Gasteiger partial charge is 0.347 e. The summed E-state index contributed by atoms with van der Waals surface area (Å²) in [4.78, 5) is 16.4. The van der Waals surface area contributed by atoms with E-state index in [4.69, 9.17) is 5.73 Å². The van der Waals surface area contributed by atoms with Gasteiger partial charge in [0.1, 0.15) is 0 Å².